The second kappa shape index (κ2) is 12.1. The molecule has 15 heteroatoms. The van der Waals surface area contributed by atoms with Gasteiger partial charge in [-0.05, 0) is 13.0 Å². The zero-order valence-corrected chi connectivity index (χ0v) is 24.2. The summed E-state index contributed by atoms with van der Waals surface area (Å²) >= 11 is 0. The third-order valence-electron chi connectivity index (χ3n) is 8.37. The molecule has 0 radical (unpaired) electrons. The second-order valence-electron chi connectivity index (χ2n) is 11.2. The van der Waals surface area contributed by atoms with E-state index < -0.39 is 108 Å². The Morgan fingerprint density at radius 1 is 1.09 bits per heavy atom. The molecule has 5 unspecified atom stereocenters. The lowest BCUT2D eigenvalue weighted by Crippen LogP contribution is -2.56. The lowest BCUT2D eigenvalue weighted by atomic mass is 9.72. The van der Waals surface area contributed by atoms with Crippen LogP contribution in [0.5, 0.6) is 17.2 Å². The Kier molecular flexibility index (Phi) is 8.70. The van der Waals surface area contributed by atoms with Gasteiger partial charge in [0.1, 0.15) is 35.1 Å². The fourth-order valence-electron chi connectivity index (χ4n) is 5.98. The number of ether oxygens (including phenoxy) is 4. The second-order valence-corrected chi connectivity index (χ2v) is 11.2. The third-order valence-corrected chi connectivity index (χ3v) is 8.37. The van der Waals surface area contributed by atoms with Crippen LogP contribution in [0.2, 0.25) is 0 Å². The Labute approximate surface area is 255 Å². The fraction of sp³-hybridized carbons (Fsp3) is 0.467. The zero-order valence-electron chi connectivity index (χ0n) is 24.2. The maximum Gasteiger partial charge on any atom is 0.307 e. The summed E-state index contributed by atoms with van der Waals surface area (Å²) < 4.78 is 36.5. The van der Waals surface area contributed by atoms with Crippen LogP contribution in [0.1, 0.15) is 68.8 Å². The zero-order chi connectivity index (χ0) is 33.0. The smallest absolute Gasteiger partial charge is 0.307 e. The van der Waals surface area contributed by atoms with E-state index in [2.05, 4.69) is 0 Å². The Bertz CT molecular complexity index is 1580. The van der Waals surface area contributed by atoms with Gasteiger partial charge in [-0.3, -0.25) is 19.2 Å². The lowest BCUT2D eigenvalue weighted by Gasteiger charge is -2.43. The molecule has 45 heavy (non-hydrogen) atoms. The molecule has 0 saturated carbocycles. The van der Waals surface area contributed by atoms with Crippen molar-refractivity contribution in [2.24, 2.45) is 5.73 Å². The van der Waals surface area contributed by atoms with E-state index in [1.807, 2.05) is 0 Å². The maximum atomic E-state index is 15.2. The number of aliphatic hydroxyl groups excluding tert-OH is 2. The number of esters is 1. The molecule has 1 heterocycles. The number of nitrogens with two attached hydrogens (primary N) is 1. The monoisotopic (exact) mass is 633 g/mol. The van der Waals surface area contributed by atoms with Gasteiger partial charge in [-0.15, -0.1) is 0 Å². The molecule has 2 aromatic rings. The average molecular weight is 634 g/mol. The number of alkyl halides is 1. The number of phenols is 2. The van der Waals surface area contributed by atoms with Gasteiger partial charge >= 0.3 is 5.97 Å². The Morgan fingerprint density at radius 2 is 1.78 bits per heavy atom. The highest BCUT2D eigenvalue weighted by molar-refractivity contribution is 6.31. The van der Waals surface area contributed by atoms with Gasteiger partial charge in [0.2, 0.25) is 11.6 Å². The molecule has 2 aromatic carbocycles. The first kappa shape index (κ1) is 32.4. The molecular formula is C30H32FNO13. The van der Waals surface area contributed by atoms with E-state index in [0.29, 0.717) is 0 Å². The lowest BCUT2D eigenvalue weighted by molar-refractivity contribution is -0.294. The molecule has 1 aliphatic heterocycles. The topological polar surface area (TPSA) is 232 Å². The summed E-state index contributed by atoms with van der Waals surface area (Å²) in [7, 11) is 1.27. The van der Waals surface area contributed by atoms with Crippen molar-refractivity contribution in [2.45, 2.75) is 68.7 Å². The molecule has 0 amide bonds. The molecule has 7 N–H and O–H groups in total. The summed E-state index contributed by atoms with van der Waals surface area (Å²) in [5.41, 5.74) is 0.571. The minimum Gasteiger partial charge on any atom is -0.507 e. The summed E-state index contributed by atoms with van der Waals surface area (Å²) in [5, 5.41) is 54.8. The van der Waals surface area contributed by atoms with Crippen LogP contribution in [-0.2, 0) is 30.2 Å². The van der Waals surface area contributed by atoms with Crippen LogP contribution in [0, 0.1) is 0 Å². The molecule has 0 bridgehead atoms. The molecule has 0 spiro atoms. The highest BCUT2D eigenvalue weighted by atomic mass is 19.1. The molecule has 2 aliphatic carbocycles. The van der Waals surface area contributed by atoms with E-state index in [0.717, 1.165) is 0 Å². The number of carbonyl (C=O) groups is 4. The van der Waals surface area contributed by atoms with Crippen molar-refractivity contribution in [3.63, 3.8) is 0 Å². The first-order valence-corrected chi connectivity index (χ1v) is 14.0. The molecular weight excluding hydrogens is 601 g/mol. The summed E-state index contributed by atoms with van der Waals surface area (Å²) in [6.45, 7) is 0.341. The molecule has 7 atom stereocenters. The van der Waals surface area contributed by atoms with Gasteiger partial charge in [0.25, 0.3) is 0 Å². The Balaban J connectivity index is 1.64. The van der Waals surface area contributed by atoms with E-state index in [1.165, 1.54) is 32.2 Å². The minimum absolute atomic E-state index is 0.0162. The molecule has 242 valence electrons. The summed E-state index contributed by atoms with van der Waals surface area (Å²) in [4.78, 5) is 52.5. The number of methoxy groups -OCH3 is 1. The number of hydrogen-bond acceptors (Lipinski definition) is 14. The van der Waals surface area contributed by atoms with Crippen molar-refractivity contribution in [1.29, 1.82) is 0 Å². The van der Waals surface area contributed by atoms with Crippen LogP contribution in [0.3, 0.4) is 0 Å². The maximum absolute atomic E-state index is 15.2. The number of benzene rings is 2. The van der Waals surface area contributed by atoms with Gasteiger partial charge in [0, 0.05) is 36.1 Å². The molecule has 5 rings (SSSR count). The van der Waals surface area contributed by atoms with Crippen molar-refractivity contribution in [1.82, 2.24) is 0 Å². The van der Waals surface area contributed by atoms with Gasteiger partial charge in [0.15, 0.2) is 24.9 Å². The van der Waals surface area contributed by atoms with Crippen LogP contribution in [-0.4, -0.2) is 105 Å². The predicted molar refractivity (Wildman–Crippen MR) is 148 cm³/mol. The number of fused-ring (bicyclic) bond motifs is 3. The number of aliphatic hydroxyl groups is 3. The van der Waals surface area contributed by atoms with Crippen molar-refractivity contribution < 1.29 is 68.0 Å². The molecule has 0 aromatic heterocycles. The number of halogens is 1. The van der Waals surface area contributed by atoms with Crippen LogP contribution in [0.15, 0.2) is 18.2 Å². The SMILES string of the molecule is COc1cccc2c1C(=O)c1c(O)c3c(c(O)c1C2=O)C[C@](O)(C(=O)COC(=O)CCN)C[C@H]3OC1OC(C)C(O)C(O)C1F. The molecule has 1 saturated heterocycles. The van der Waals surface area contributed by atoms with Crippen LogP contribution >= 0.6 is 0 Å². The largest absolute Gasteiger partial charge is 0.507 e. The van der Waals surface area contributed by atoms with Gasteiger partial charge in [-0.1, -0.05) is 12.1 Å². The van der Waals surface area contributed by atoms with Gasteiger partial charge in [0.05, 0.1) is 42.4 Å². The van der Waals surface area contributed by atoms with E-state index in [1.54, 1.807) is 0 Å². The fourth-order valence-corrected chi connectivity index (χ4v) is 5.98. The number of Topliss-reactive ketones (excluding diaryl/α,β-unsaturated/α-hetero) is 1. The normalized spacial score (nSPS) is 29.0. The van der Waals surface area contributed by atoms with Crippen LogP contribution < -0.4 is 10.5 Å². The van der Waals surface area contributed by atoms with Gasteiger partial charge < -0.3 is 50.2 Å². The van der Waals surface area contributed by atoms with E-state index in [4.69, 9.17) is 24.7 Å². The number of ketones is 3. The number of carbonyl (C=O) groups excluding carboxylic acids is 4. The van der Waals surface area contributed by atoms with Gasteiger partial charge in [-0.25, -0.2) is 4.39 Å². The minimum atomic E-state index is -2.48. The van der Waals surface area contributed by atoms with E-state index in [-0.39, 0.29) is 41.0 Å². The standard InChI is InChI=1S/C30H32FNO13/c1-11-23(35)28(40)22(31)29(44-11)45-15-9-30(41,16(33)10-43-17(34)6-7-32)8-13-19(15)27(39)21-20(25(13)37)24(36)12-4-3-5-14(42-2)18(12)26(21)38/h3-5,11,15,22-23,28-29,35,37,39-41H,6-10,32H2,1-2H3/t11?,15-,22?,23?,28?,29?,30-/m1/s1. The third kappa shape index (κ3) is 5.34. The van der Waals surface area contributed by atoms with Crippen LogP contribution in [0.25, 0.3) is 0 Å². The predicted octanol–water partition coefficient (Wildman–Crippen LogP) is -0.117. The van der Waals surface area contributed by atoms with E-state index in [9.17, 15) is 44.7 Å². The average Bonchev–Trinajstić information content (AvgIpc) is 3.01. The van der Waals surface area contributed by atoms with Crippen molar-refractivity contribution in [2.75, 3.05) is 20.3 Å². The van der Waals surface area contributed by atoms with Crippen molar-refractivity contribution in [3.8, 4) is 17.2 Å². The number of phenolic OH excluding ortho intramolecular Hbond substituents is 2. The quantitative estimate of drug-likeness (QED) is 0.140. The Hall–Kier alpha value is -3.99. The van der Waals surface area contributed by atoms with E-state index >= 15 is 4.39 Å². The highest BCUT2D eigenvalue weighted by Crippen LogP contribution is 2.52. The summed E-state index contributed by atoms with van der Waals surface area (Å²) in [5.74, 6) is -5.33. The molecule has 3 aliphatic rings. The van der Waals surface area contributed by atoms with Crippen molar-refractivity contribution >= 4 is 23.3 Å². The number of aromatic hydroxyl groups is 2. The van der Waals surface area contributed by atoms with Gasteiger partial charge in [-0.2, -0.15) is 0 Å². The number of rotatable bonds is 8. The highest BCUT2D eigenvalue weighted by Gasteiger charge is 2.52. The molecule has 14 nitrogen and oxygen atoms in total. The first-order chi connectivity index (χ1) is 21.2. The Morgan fingerprint density at radius 3 is 2.44 bits per heavy atom. The van der Waals surface area contributed by atoms with Crippen LogP contribution in [0.4, 0.5) is 4.39 Å². The first-order valence-electron chi connectivity index (χ1n) is 14.0. The van der Waals surface area contributed by atoms with Crippen molar-refractivity contribution in [3.05, 3.63) is 51.6 Å². The summed E-state index contributed by atoms with van der Waals surface area (Å²) in [6, 6.07) is 4.19. The molecule has 1 fully saturated rings. The number of hydrogen-bond donors (Lipinski definition) is 6. The summed E-state index contributed by atoms with van der Waals surface area (Å²) in [6.07, 6.45) is -12.4.